The molecule has 1 aliphatic carbocycles. The number of aryl methyl sites for hydroxylation is 1. The molecule has 0 radical (unpaired) electrons. The van der Waals surface area contributed by atoms with Crippen LogP contribution in [-0.2, 0) is 16.0 Å². The Morgan fingerprint density at radius 3 is 2.26 bits per heavy atom. The van der Waals surface area contributed by atoms with Gasteiger partial charge in [-0.05, 0) is 61.9 Å². The van der Waals surface area contributed by atoms with E-state index in [0.29, 0.717) is 31.5 Å². The zero-order valence-corrected chi connectivity index (χ0v) is 20.0. The van der Waals surface area contributed by atoms with Gasteiger partial charge in [0.2, 0.25) is 11.8 Å². The van der Waals surface area contributed by atoms with Crippen LogP contribution >= 0.6 is 0 Å². The number of halogens is 1. The average Bonchev–Trinajstić information content (AvgIpc) is 2.89. The van der Waals surface area contributed by atoms with Gasteiger partial charge in [-0.25, -0.2) is 4.39 Å². The molecule has 4 rings (SSSR count). The second kappa shape index (κ2) is 12.0. The summed E-state index contributed by atoms with van der Waals surface area (Å²) in [5, 5.41) is 6.20. The highest BCUT2D eigenvalue weighted by atomic mass is 19.1. The lowest BCUT2D eigenvalue weighted by atomic mass is 9.88. The minimum atomic E-state index is -0.385. The van der Waals surface area contributed by atoms with Gasteiger partial charge in [0.05, 0.1) is 5.92 Å². The van der Waals surface area contributed by atoms with Crippen LogP contribution in [-0.4, -0.2) is 47.8 Å². The molecule has 1 heterocycles. The highest BCUT2D eigenvalue weighted by Gasteiger charge is 2.33. The van der Waals surface area contributed by atoms with Gasteiger partial charge in [-0.1, -0.05) is 43.2 Å². The number of nitrogens with one attached hydrogen (secondary N) is 2. The molecular formula is C28H34FN3O3. The van der Waals surface area contributed by atoms with Crippen LogP contribution in [0.4, 0.5) is 4.39 Å². The standard InChI is InChI=1S/C28H34FN3O3/c29-23-15-13-21(14-16-23)27(34)30-24-10-4-5-11-25(24)31-28(35)22-9-6-18-32(19-22)26(33)17-12-20-7-2-1-3-8-20/h1-3,7-8,13-16,22,24-25H,4-6,9-12,17-19H2,(H,30,34)(H,31,35)/t22?,24-,25-/m1/s1. The number of likely N-dealkylation sites (tertiary alicyclic amines) is 1. The van der Waals surface area contributed by atoms with Gasteiger partial charge in [0.15, 0.2) is 0 Å². The van der Waals surface area contributed by atoms with Crippen molar-refractivity contribution in [3.63, 3.8) is 0 Å². The minimum Gasteiger partial charge on any atom is -0.351 e. The van der Waals surface area contributed by atoms with Crippen molar-refractivity contribution >= 4 is 17.7 Å². The number of hydrogen-bond donors (Lipinski definition) is 2. The average molecular weight is 480 g/mol. The zero-order valence-electron chi connectivity index (χ0n) is 20.0. The minimum absolute atomic E-state index is 0.0431. The Bertz CT molecular complexity index is 1010. The van der Waals surface area contributed by atoms with E-state index in [1.807, 2.05) is 35.2 Å². The third-order valence-corrected chi connectivity index (χ3v) is 7.13. The first-order valence-electron chi connectivity index (χ1n) is 12.7. The van der Waals surface area contributed by atoms with Crippen molar-refractivity contribution in [2.75, 3.05) is 13.1 Å². The Morgan fingerprint density at radius 1 is 0.857 bits per heavy atom. The van der Waals surface area contributed by atoms with E-state index in [2.05, 4.69) is 10.6 Å². The van der Waals surface area contributed by atoms with Crippen molar-refractivity contribution in [2.45, 2.75) is 63.5 Å². The van der Waals surface area contributed by atoms with E-state index in [0.717, 1.165) is 44.1 Å². The molecule has 0 bridgehead atoms. The van der Waals surface area contributed by atoms with Gasteiger partial charge in [0.25, 0.3) is 5.91 Å². The summed E-state index contributed by atoms with van der Waals surface area (Å²) in [6.07, 6.45) is 6.26. The Labute approximate surface area is 206 Å². The van der Waals surface area contributed by atoms with Gasteiger partial charge in [-0.2, -0.15) is 0 Å². The number of nitrogens with zero attached hydrogens (tertiary/aromatic N) is 1. The predicted molar refractivity (Wildman–Crippen MR) is 132 cm³/mol. The van der Waals surface area contributed by atoms with Gasteiger partial charge in [-0.3, -0.25) is 14.4 Å². The number of piperidine rings is 1. The Hall–Kier alpha value is -3.22. The molecule has 35 heavy (non-hydrogen) atoms. The second-order valence-corrected chi connectivity index (χ2v) is 9.65. The molecule has 186 valence electrons. The van der Waals surface area contributed by atoms with Crippen LogP contribution in [0, 0.1) is 11.7 Å². The number of carbonyl (C=O) groups is 3. The van der Waals surface area contributed by atoms with Gasteiger partial charge in [0.1, 0.15) is 5.82 Å². The lowest BCUT2D eigenvalue weighted by molar-refractivity contribution is -0.136. The molecule has 2 aromatic rings. The van der Waals surface area contributed by atoms with Crippen LogP contribution in [0.3, 0.4) is 0 Å². The molecule has 1 saturated heterocycles. The second-order valence-electron chi connectivity index (χ2n) is 9.65. The van der Waals surface area contributed by atoms with E-state index in [1.54, 1.807) is 0 Å². The fourth-order valence-corrected chi connectivity index (χ4v) is 5.10. The molecule has 2 aromatic carbocycles. The van der Waals surface area contributed by atoms with Gasteiger partial charge in [0, 0.05) is 37.2 Å². The van der Waals surface area contributed by atoms with Crippen molar-refractivity contribution in [1.29, 1.82) is 0 Å². The van der Waals surface area contributed by atoms with Crippen molar-refractivity contribution < 1.29 is 18.8 Å². The Kier molecular flexibility index (Phi) is 8.50. The fourth-order valence-electron chi connectivity index (χ4n) is 5.10. The third-order valence-electron chi connectivity index (χ3n) is 7.13. The highest BCUT2D eigenvalue weighted by molar-refractivity contribution is 5.94. The maximum Gasteiger partial charge on any atom is 0.251 e. The topological polar surface area (TPSA) is 78.5 Å². The molecule has 1 saturated carbocycles. The van der Waals surface area contributed by atoms with Crippen LogP contribution < -0.4 is 10.6 Å². The molecule has 2 aliphatic rings. The Morgan fingerprint density at radius 2 is 1.54 bits per heavy atom. The van der Waals surface area contributed by atoms with E-state index >= 15 is 0 Å². The molecule has 2 N–H and O–H groups in total. The summed E-state index contributed by atoms with van der Waals surface area (Å²) in [7, 11) is 0. The quantitative estimate of drug-likeness (QED) is 0.633. The van der Waals surface area contributed by atoms with E-state index in [-0.39, 0.29) is 41.5 Å². The Balaban J connectivity index is 1.30. The molecule has 7 heteroatoms. The normalized spacial score (nSPS) is 22.3. The van der Waals surface area contributed by atoms with Gasteiger partial charge < -0.3 is 15.5 Å². The number of benzene rings is 2. The summed E-state index contributed by atoms with van der Waals surface area (Å²) in [5.41, 5.74) is 1.54. The molecule has 2 fully saturated rings. The van der Waals surface area contributed by atoms with Gasteiger partial charge in [-0.15, -0.1) is 0 Å². The number of carbonyl (C=O) groups excluding carboxylic acids is 3. The number of hydrogen-bond acceptors (Lipinski definition) is 3. The molecule has 6 nitrogen and oxygen atoms in total. The lowest BCUT2D eigenvalue weighted by Gasteiger charge is -2.36. The monoisotopic (exact) mass is 479 g/mol. The van der Waals surface area contributed by atoms with Crippen LogP contribution in [0.1, 0.15) is 60.9 Å². The first kappa shape index (κ1) is 24.9. The zero-order chi connectivity index (χ0) is 24.6. The van der Waals surface area contributed by atoms with Crippen molar-refractivity contribution in [3.05, 3.63) is 71.5 Å². The first-order valence-corrected chi connectivity index (χ1v) is 12.7. The summed E-state index contributed by atoms with van der Waals surface area (Å²) in [5.74, 6) is -0.833. The summed E-state index contributed by atoms with van der Waals surface area (Å²) >= 11 is 0. The highest BCUT2D eigenvalue weighted by Crippen LogP contribution is 2.22. The molecule has 0 aromatic heterocycles. The maximum absolute atomic E-state index is 13.2. The van der Waals surface area contributed by atoms with Crippen LogP contribution in [0.5, 0.6) is 0 Å². The summed E-state index contributed by atoms with van der Waals surface area (Å²) in [4.78, 5) is 40.4. The summed E-state index contributed by atoms with van der Waals surface area (Å²) in [6, 6.07) is 15.1. The number of amides is 3. The van der Waals surface area contributed by atoms with Crippen molar-refractivity contribution in [3.8, 4) is 0 Å². The van der Waals surface area contributed by atoms with Gasteiger partial charge >= 0.3 is 0 Å². The first-order chi connectivity index (χ1) is 17.0. The summed E-state index contributed by atoms with van der Waals surface area (Å²) < 4.78 is 13.2. The largest absolute Gasteiger partial charge is 0.351 e. The lowest BCUT2D eigenvalue weighted by Crippen LogP contribution is -2.55. The molecule has 3 atom stereocenters. The molecule has 0 spiro atoms. The van der Waals surface area contributed by atoms with E-state index in [4.69, 9.17) is 0 Å². The fraction of sp³-hybridized carbons (Fsp3) is 0.464. The maximum atomic E-state index is 13.2. The van der Waals surface area contributed by atoms with Crippen LogP contribution in [0.15, 0.2) is 54.6 Å². The molecule has 1 unspecified atom stereocenters. The van der Waals surface area contributed by atoms with Crippen molar-refractivity contribution in [1.82, 2.24) is 15.5 Å². The van der Waals surface area contributed by atoms with Crippen LogP contribution in [0.2, 0.25) is 0 Å². The summed E-state index contributed by atoms with van der Waals surface area (Å²) in [6.45, 7) is 1.13. The van der Waals surface area contributed by atoms with E-state index in [1.165, 1.54) is 24.3 Å². The smallest absolute Gasteiger partial charge is 0.251 e. The van der Waals surface area contributed by atoms with E-state index < -0.39 is 0 Å². The van der Waals surface area contributed by atoms with Crippen LogP contribution in [0.25, 0.3) is 0 Å². The molecular weight excluding hydrogens is 445 g/mol. The third kappa shape index (κ3) is 6.90. The van der Waals surface area contributed by atoms with E-state index in [9.17, 15) is 18.8 Å². The molecule has 1 aliphatic heterocycles. The molecule has 3 amide bonds. The SMILES string of the molecule is O=C(N[C@@H]1CCCC[C@H]1NC(=O)C1CCCN(C(=O)CCc2ccccc2)C1)c1ccc(F)cc1. The predicted octanol–water partition coefficient (Wildman–Crippen LogP) is 3.85. The number of rotatable bonds is 7. The van der Waals surface area contributed by atoms with Crippen molar-refractivity contribution in [2.24, 2.45) is 5.92 Å².